The molecule has 0 amide bonds. The van der Waals surface area contributed by atoms with Crippen molar-refractivity contribution in [2.24, 2.45) is 0 Å². The van der Waals surface area contributed by atoms with Gasteiger partial charge in [0.25, 0.3) is 0 Å². The molecule has 0 N–H and O–H groups in total. The van der Waals surface area contributed by atoms with Crippen LogP contribution in [0.4, 0.5) is 0 Å². The molecule has 0 aliphatic carbocycles. The van der Waals surface area contributed by atoms with Gasteiger partial charge in [-0.2, -0.15) is 9.64 Å². The Morgan fingerprint density at radius 1 is 1.32 bits per heavy atom. The van der Waals surface area contributed by atoms with E-state index in [-0.39, 0.29) is 5.15 Å². The van der Waals surface area contributed by atoms with Crippen LogP contribution in [-0.4, -0.2) is 19.1 Å². The number of hydrogen-bond acceptors (Lipinski definition) is 6. The molecule has 0 unspecified atom stereocenters. The number of rotatable bonds is 4. The number of aromatic nitrogens is 4. The zero-order chi connectivity index (χ0) is 15.5. The first-order valence-electron chi connectivity index (χ1n) is 6.46. The van der Waals surface area contributed by atoms with Gasteiger partial charge in [0.2, 0.25) is 0 Å². The van der Waals surface area contributed by atoms with Gasteiger partial charge in [-0.3, -0.25) is 0 Å². The minimum atomic E-state index is 0.237. The van der Waals surface area contributed by atoms with Gasteiger partial charge in [-0.1, -0.05) is 41.9 Å². The second-order valence-electron chi connectivity index (χ2n) is 4.27. The third-order valence-electron chi connectivity index (χ3n) is 2.98. The quantitative estimate of drug-likeness (QED) is 0.710. The molecule has 3 rings (SSSR count). The largest absolute Gasteiger partial charge is 0.302 e. The average molecular weight is 348 g/mol. The molecule has 8 heteroatoms. The van der Waals surface area contributed by atoms with Gasteiger partial charge in [0, 0.05) is 12.1 Å². The molecule has 0 spiro atoms. The van der Waals surface area contributed by atoms with E-state index in [4.69, 9.17) is 16.9 Å². The van der Waals surface area contributed by atoms with E-state index in [0.717, 1.165) is 27.3 Å². The fourth-order valence-electron chi connectivity index (χ4n) is 1.95. The molecule has 110 valence electrons. The van der Waals surface area contributed by atoms with Crippen LogP contribution in [0.3, 0.4) is 0 Å². The highest BCUT2D eigenvalue weighted by Gasteiger charge is 2.18. The summed E-state index contributed by atoms with van der Waals surface area (Å²) in [4.78, 5) is 0. The van der Waals surface area contributed by atoms with Gasteiger partial charge in [-0.05, 0) is 30.2 Å². The van der Waals surface area contributed by atoms with Gasteiger partial charge in [-0.25, -0.2) is 0 Å². The van der Waals surface area contributed by atoms with Gasteiger partial charge < -0.3 is 4.57 Å². The van der Waals surface area contributed by atoms with E-state index in [0.29, 0.717) is 5.56 Å². The molecule has 0 aliphatic rings. The first-order valence-corrected chi connectivity index (χ1v) is 8.43. The highest BCUT2D eigenvalue weighted by molar-refractivity contribution is 8.01. The van der Waals surface area contributed by atoms with E-state index in [1.54, 1.807) is 0 Å². The van der Waals surface area contributed by atoms with Crippen LogP contribution in [0.5, 0.6) is 0 Å². The second-order valence-corrected chi connectivity index (χ2v) is 6.63. The molecule has 1 aromatic carbocycles. The normalized spacial score (nSPS) is 10.6. The molecule has 0 atom stereocenters. The first kappa shape index (κ1) is 15.0. The molecule has 0 fully saturated rings. The van der Waals surface area contributed by atoms with Crippen LogP contribution >= 0.6 is 34.9 Å². The van der Waals surface area contributed by atoms with Crippen molar-refractivity contribution in [3.63, 3.8) is 0 Å². The summed E-state index contributed by atoms with van der Waals surface area (Å²) in [6.07, 6.45) is 0. The Bertz CT molecular complexity index is 835. The van der Waals surface area contributed by atoms with Crippen molar-refractivity contribution >= 4 is 34.9 Å². The average Bonchev–Trinajstić information content (AvgIpc) is 3.11. The Morgan fingerprint density at radius 3 is 2.77 bits per heavy atom. The fraction of sp³-hybridized carbons (Fsp3) is 0.143. The Morgan fingerprint density at radius 2 is 2.09 bits per heavy atom. The van der Waals surface area contributed by atoms with Crippen LogP contribution < -0.4 is 0 Å². The van der Waals surface area contributed by atoms with E-state index in [1.807, 2.05) is 41.8 Å². The molecular weight excluding hydrogens is 338 g/mol. The summed E-state index contributed by atoms with van der Waals surface area (Å²) in [5, 5.41) is 18.6. The van der Waals surface area contributed by atoms with Gasteiger partial charge in [-0.15, -0.1) is 10.2 Å². The van der Waals surface area contributed by atoms with E-state index >= 15 is 0 Å². The molecule has 2 heterocycles. The van der Waals surface area contributed by atoms with Crippen LogP contribution in [0.2, 0.25) is 5.15 Å². The summed E-state index contributed by atoms with van der Waals surface area (Å²) in [5.74, 6) is 0.805. The highest BCUT2D eigenvalue weighted by atomic mass is 35.5. The van der Waals surface area contributed by atoms with Crippen molar-refractivity contribution in [1.29, 1.82) is 5.26 Å². The predicted octanol–water partition coefficient (Wildman–Crippen LogP) is 4.10. The van der Waals surface area contributed by atoms with E-state index < -0.39 is 0 Å². The maximum atomic E-state index is 9.15. The Hall–Kier alpha value is -1.88. The maximum Gasteiger partial charge on any atom is 0.197 e. The topological polar surface area (TPSA) is 67.4 Å². The lowest BCUT2D eigenvalue weighted by atomic mass is 10.2. The number of halogens is 1. The SMILES string of the molecule is CCn1c(Sc2snc(Cl)c2C#N)nnc1-c1ccccc1. The van der Waals surface area contributed by atoms with Crippen molar-refractivity contribution in [1.82, 2.24) is 19.1 Å². The Labute approximate surface area is 140 Å². The van der Waals surface area contributed by atoms with Gasteiger partial charge in [0.1, 0.15) is 15.8 Å². The van der Waals surface area contributed by atoms with Crippen molar-refractivity contribution in [3.05, 3.63) is 41.0 Å². The van der Waals surface area contributed by atoms with Gasteiger partial charge >= 0.3 is 0 Å². The molecule has 0 saturated heterocycles. The zero-order valence-corrected chi connectivity index (χ0v) is 13.9. The van der Waals surface area contributed by atoms with E-state index in [1.165, 1.54) is 23.3 Å². The minimum Gasteiger partial charge on any atom is -0.302 e. The molecule has 0 saturated carbocycles. The summed E-state index contributed by atoms with van der Waals surface area (Å²) in [6, 6.07) is 12.0. The number of hydrogen-bond donors (Lipinski definition) is 0. The van der Waals surface area contributed by atoms with Gasteiger partial charge in [0.05, 0.1) is 0 Å². The number of nitrogens with zero attached hydrogens (tertiary/aromatic N) is 5. The summed E-state index contributed by atoms with van der Waals surface area (Å²) < 4.78 is 6.75. The molecule has 5 nitrogen and oxygen atoms in total. The summed E-state index contributed by atoms with van der Waals surface area (Å²) >= 11 is 8.47. The molecular formula is C14H10ClN5S2. The van der Waals surface area contributed by atoms with Crippen LogP contribution in [0.1, 0.15) is 12.5 Å². The van der Waals surface area contributed by atoms with E-state index in [9.17, 15) is 0 Å². The molecule has 22 heavy (non-hydrogen) atoms. The van der Waals surface area contributed by atoms with Crippen LogP contribution in [0.15, 0.2) is 39.7 Å². The van der Waals surface area contributed by atoms with Gasteiger partial charge in [0.15, 0.2) is 16.1 Å². The van der Waals surface area contributed by atoms with Crippen LogP contribution in [0, 0.1) is 11.3 Å². The summed E-state index contributed by atoms with van der Waals surface area (Å²) in [6.45, 7) is 2.76. The first-order chi connectivity index (χ1) is 10.7. The third kappa shape index (κ3) is 2.73. The standard InChI is InChI=1S/C14H10ClN5S2/c1-2-20-12(9-6-4-3-5-7-9)17-18-14(20)21-13-10(8-16)11(15)19-22-13/h3-7H,2H2,1H3. The molecule has 0 aliphatic heterocycles. The monoisotopic (exact) mass is 347 g/mol. The number of nitriles is 1. The molecule has 0 radical (unpaired) electrons. The lowest BCUT2D eigenvalue weighted by molar-refractivity contribution is 0.687. The van der Waals surface area contributed by atoms with Crippen molar-refractivity contribution in [2.75, 3.05) is 0 Å². The highest BCUT2D eigenvalue weighted by Crippen LogP contribution is 2.36. The Balaban J connectivity index is 1.99. The van der Waals surface area contributed by atoms with Crippen LogP contribution in [0.25, 0.3) is 11.4 Å². The maximum absolute atomic E-state index is 9.15. The molecule has 3 aromatic rings. The van der Waals surface area contributed by atoms with Crippen LogP contribution in [-0.2, 0) is 6.54 Å². The minimum absolute atomic E-state index is 0.237. The second kappa shape index (κ2) is 6.48. The van der Waals surface area contributed by atoms with Crippen molar-refractivity contribution < 1.29 is 0 Å². The summed E-state index contributed by atoms with van der Waals surface area (Å²) in [5.41, 5.74) is 1.40. The van der Waals surface area contributed by atoms with Crippen molar-refractivity contribution in [2.45, 2.75) is 22.8 Å². The smallest absolute Gasteiger partial charge is 0.197 e. The fourth-order valence-corrected chi connectivity index (χ4v) is 4.09. The summed E-state index contributed by atoms with van der Waals surface area (Å²) in [7, 11) is 0. The molecule has 2 aromatic heterocycles. The predicted molar refractivity (Wildman–Crippen MR) is 87.1 cm³/mol. The third-order valence-corrected chi connectivity index (χ3v) is 5.35. The zero-order valence-electron chi connectivity index (χ0n) is 11.5. The van der Waals surface area contributed by atoms with Crippen molar-refractivity contribution in [3.8, 4) is 17.5 Å². The van der Waals surface area contributed by atoms with E-state index in [2.05, 4.69) is 20.6 Å². The molecule has 0 bridgehead atoms. The number of benzene rings is 1. The lowest BCUT2D eigenvalue weighted by Crippen LogP contribution is -1.99. The Kier molecular flexibility index (Phi) is 4.43. The lowest BCUT2D eigenvalue weighted by Gasteiger charge is -2.06.